The predicted molar refractivity (Wildman–Crippen MR) is 76.4 cm³/mol. The maximum Gasteiger partial charge on any atom is 0.240 e. The fourth-order valence-corrected chi connectivity index (χ4v) is 3.01. The number of piperazine rings is 1. The van der Waals surface area contributed by atoms with Crippen molar-refractivity contribution in [2.24, 2.45) is 0 Å². The largest absolute Gasteiger partial charge is 0.338 e. The first kappa shape index (κ1) is 13.7. The topological polar surface area (TPSA) is 58.3 Å². The molecule has 0 atom stereocenters. The maximum absolute atomic E-state index is 5.17. The molecule has 0 saturated carbocycles. The minimum atomic E-state index is 0.706. The Kier molecular flexibility index (Phi) is 4.09. The lowest BCUT2D eigenvalue weighted by Gasteiger charge is -2.33. The lowest BCUT2D eigenvalue weighted by atomic mass is 10.3. The maximum atomic E-state index is 5.17. The van der Waals surface area contributed by atoms with Gasteiger partial charge in [-0.1, -0.05) is 5.16 Å². The first-order valence-corrected chi connectivity index (χ1v) is 7.72. The molecule has 0 radical (unpaired) electrons. The van der Waals surface area contributed by atoms with Crippen molar-refractivity contribution in [2.45, 2.75) is 26.9 Å². The second kappa shape index (κ2) is 5.99. The van der Waals surface area contributed by atoms with Gasteiger partial charge in [0.15, 0.2) is 5.82 Å². The number of nitrogens with zero attached hydrogens (tertiary/aromatic N) is 5. The van der Waals surface area contributed by atoms with E-state index in [1.165, 1.54) is 5.69 Å². The molecule has 1 aliphatic rings. The van der Waals surface area contributed by atoms with Crippen LogP contribution >= 0.6 is 11.3 Å². The highest BCUT2D eigenvalue weighted by atomic mass is 32.1. The van der Waals surface area contributed by atoms with E-state index in [2.05, 4.69) is 37.2 Å². The summed E-state index contributed by atoms with van der Waals surface area (Å²) in [6, 6.07) is 0. The summed E-state index contributed by atoms with van der Waals surface area (Å²) in [4.78, 5) is 13.6. The van der Waals surface area contributed by atoms with Crippen molar-refractivity contribution < 1.29 is 4.52 Å². The van der Waals surface area contributed by atoms with Crippen LogP contribution in [-0.4, -0.2) is 51.1 Å². The van der Waals surface area contributed by atoms with Crippen molar-refractivity contribution in [1.82, 2.24) is 24.9 Å². The van der Waals surface area contributed by atoms with Crippen molar-refractivity contribution in [3.05, 3.63) is 27.8 Å². The Balaban J connectivity index is 1.47. The molecule has 20 heavy (non-hydrogen) atoms. The van der Waals surface area contributed by atoms with E-state index in [-0.39, 0.29) is 0 Å². The van der Waals surface area contributed by atoms with E-state index in [1.807, 2.05) is 6.92 Å². The van der Waals surface area contributed by atoms with Gasteiger partial charge in [0.1, 0.15) is 0 Å². The number of rotatable bonds is 4. The summed E-state index contributed by atoms with van der Waals surface area (Å²) in [5.41, 5.74) is 1.19. The Hall–Kier alpha value is -1.31. The Bertz CT molecular complexity index is 508. The summed E-state index contributed by atoms with van der Waals surface area (Å²) in [7, 11) is 0. The van der Waals surface area contributed by atoms with Crippen molar-refractivity contribution in [3.8, 4) is 0 Å². The first-order valence-electron chi connectivity index (χ1n) is 6.84. The smallest absolute Gasteiger partial charge is 0.240 e. The van der Waals surface area contributed by atoms with Gasteiger partial charge in [0.25, 0.3) is 0 Å². The molecule has 2 aromatic heterocycles. The molecule has 0 N–H and O–H groups in total. The van der Waals surface area contributed by atoms with E-state index in [4.69, 9.17) is 4.52 Å². The van der Waals surface area contributed by atoms with Gasteiger partial charge in [-0.15, -0.1) is 11.3 Å². The fraction of sp³-hybridized carbons (Fsp3) is 0.615. The average Bonchev–Trinajstić information content (AvgIpc) is 3.01. The van der Waals surface area contributed by atoms with Crippen molar-refractivity contribution in [3.63, 3.8) is 0 Å². The molecule has 0 unspecified atom stereocenters. The SMILES string of the molecule is Cc1noc(CN2CCN(Cc3csc(C)n3)CC2)n1. The van der Waals surface area contributed by atoms with Crippen LogP contribution in [-0.2, 0) is 13.1 Å². The van der Waals surface area contributed by atoms with Crippen LogP contribution in [0.3, 0.4) is 0 Å². The fourth-order valence-electron chi connectivity index (χ4n) is 2.41. The summed E-state index contributed by atoms with van der Waals surface area (Å²) < 4.78 is 5.17. The monoisotopic (exact) mass is 293 g/mol. The van der Waals surface area contributed by atoms with Crippen LogP contribution in [0.25, 0.3) is 0 Å². The molecule has 3 rings (SSSR count). The highest BCUT2D eigenvalue weighted by molar-refractivity contribution is 7.09. The van der Waals surface area contributed by atoms with Crippen molar-refractivity contribution in [1.29, 1.82) is 0 Å². The lowest BCUT2D eigenvalue weighted by molar-refractivity contribution is 0.111. The Morgan fingerprint density at radius 3 is 2.35 bits per heavy atom. The van der Waals surface area contributed by atoms with E-state index < -0.39 is 0 Å². The summed E-state index contributed by atoms with van der Waals surface area (Å²) in [5.74, 6) is 1.42. The number of aryl methyl sites for hydroxylation is 2. The molecular weight excluding hydrogens is 274 g/mol. The third kappa shape index (κ3) is 3.41. The molecule has 0 aromatic carbocycles. The van der Waals surface area contributed by atoms with E-state index >= 15 is 0 Å². The average molecular weight is 293 g/mol. The zero-order valence-corrected chi connectivity index (χ0v) is 12.7. The molecule has 1 fully saturated rings. The quantitative estimate of drug-likeness (QED) is 0.850. The van der Waals surface area contributed by atoms with Crippen molar-refractivity contribution in [2.75, 3.05) is 26.2 Å². The second-order valence-corrected chi connectivity index (χ2v) is 6.21. The normalized spacial score (nSPS) is 17.7. The van der Waals surface area contributed by atoms with Crippen LogP contribution < -0.4 is 0 Å². The molecule has 1 aliphatic heterocycles. The van der Waals surface area contributed by atoms with Gasteiger partial charge in [0, 0.05) is 38.1 Å². The predicted octanol–water partition coefficient (Wildman–Crippen LogP) is 1.46. The highest BCUT2D eigenvalue weighted by Gasteiger charge is 2.19. The Morgan fingerprint density at radius 2 is 1.80 bits per heavy atom. The molecule has 3 heterocycles. The zero-order chi connectivity index (χ0) is 13.9. The van der Waals surface area contributed by atoms with E-state index in [1.54, 1.807) is 11.3 Å². The molecule has 108 valence electrons. The summed E-state index contributed by atoms with van der Waals surface area (Å²) in [5, 5.41) is 7.12. The third-order valence-electron chi connectivity index (χ3n) is 3.45. The van der Waals surface area contributed by atoms with Gasteiger partial charge >= 0.3 is 0 Å². The Morgan fingerprint density at radius 1 is 1.10 bits per heavy atom. The molecule has 7 heteroatoms. The number of aromatic nitrogens is 3. The standard InChI is InChI=1S/C13H19N5OS/c1-10-14-13(19-16-10)8-18-5-3-17(4-6-18)7-12-9-20-11(2)15-12/h9H,3-8H2,1-2H3. The van der Waals surface area contributed by atoms with Crippen molar-refractivity contribution >= 4 is 11.3 Å². The molecule has 6 nitrogen and oxygen atoms in total. The van der Waals surface area contributed by atoms with E-state index in [0.29, 0.717) is 11.7 Å². The third-order valence-corrected chi connectivity index (χ3v) is 4.27. The minimum Gasteiger partial charge on any atom is -0.338 e. The van der Waals surface area contributed by atoms with Crippen LogP contribution in [0, 0.1) is 13.8 Å². The number of hydrogen-bond donors (Lipinski definition) is 0. The van der Waals surface area contributed by atoms with Gasteiger partial charge in [-0.25, -0.2) is 4.98 Å². The molecule has 1 saturated heterocycles. The highest BCUT2D eigenvalue weighted by Crippen LogP contribution is 2.13. The van der Waals surface area contributed by atoms with Gasteiger partial charge in [-0.2, -0.15) is 4.98 Å². The summed E-state index contributed by atoms with van der Waals surface area (Å²) in [6.07, 6.45) is 0. The molecule has 0 amide bonds. The molecular formula is C13H19N5OS. The van der Waals surface area contributed by atoms with Crippen LogP contribution in [0.15, 0.2) is 9.90 Å². The summed E-state index contributed by atoms with van der Waals surface area (Å²) in [6.45, 7) is 9.80. The van der Waals surface area contributed by atoms with Crippen LogP contribution in [0.2, 0.25) is 0 Å². The molecule has 0 aliphatic carbocycles. The zero-order valence-electron chi connectivity index (χ0n) is 11.9. The van der Waals surface area contributed by atoms with Gasteiger partial charge in [0.05, 0.1) is 17.2 Å². The van der Waals surface area contributed by atoms with Crippen LogP contribution in [0.4, 0.5) is 0 Å². The van der Waals surface area contributed by atoms with Gasteiger partial charge in [0.2, 0.25) is 5.89 Å². The minimum absolute atomic E-state index is 0.706. The van der Waals surface area contributed by atoms with Gasteiger partial charge < -0.3 is 4.52 Å². The lowest BCUT2D eigenvalue weighted by Crippen LogP contribution is -2.45. The van der Waals surface area contributed by atoms with Crippen LogP contribution in [0.5, 0.6) is 0 Å². The number of hydrogen-bond acceptors (Lipinski definition) is 7. The second-order valence-electron chi connectivity index (χ2n) is 5.15. The van der Waals surface area contributed by atoms with Gasteiger partial charge in [-0.05, 0) is 13.8 Å². The summed E-state index contributed by atoms with van der Waals surface area (Å²) >= 11 is 1.72. The van der Waals surface area contributed by atoms with E-state index in [0.717, 1.165) is 44.3 Å². The number of thiazole rings is 1. The first-order chi connectivity index (χ1) is 9.69. The molecule has 2 aromatic rings. The van der Waals surface area contributed by atoms with Crippen LogP contribution in [0.1, 0.15) is 22.4 Å². The van der Waals surface area contributed by atoms with E-state index in [9.17, 15) is 0 Å². The molecule has 0 bridgehead atoms. The molecule has 0 spiro atoms. The Labute approximate surface area is 122 Å². The van der Waals surface area contributed by atoms with Gasteiger partial charge in [-0.3, -0.25) is 9.80 Å².